The normalized spacial score (nSPS) is 10.9. The summed E-state index contributed by atoms with van der Waals surface area (Å²) in [7, 11) is 0. The van der Waals surface area contributed by atoms with E-state index in [0.29, 0.717) is 24.4 Å². The van der Waals surface area contributed by atoms with Crippen molar-refractivity contribution < 1.29 is 9.15 Å². The third-order valence-corrected chi connectivity index (χ3v) is 2.57. The first-order valence-electron chi connectivity index (χ1n) is 6.37. The summed E-state index contributed by atoms with van der Waals surface area (Å²) in [6.07, 6.45) is 0. The van der Waals surface area contributed by atoms with Gasteiger partial charge in [0.15, 0.2) is 6.61 Å². The summed E-state index contributed by atoms with van der Waals surface area (Å²) in [6.45, 7) is 7.17. The molecule has 2 rings (SSSR count). The number of hydrogen-bond acceptors (Lipinski definition) is 5. The molecule has 0 fully saturated rings. The van der Waals surface area contributed by atoms with Crippen LogP contribution in [0.5, 0.6) is 5.75 Å². The number of rotatable bonds is 6. The third kappa shape index (κ3) is 4.37. The summed E-state index contributed by atoms with van der Waals surface area (Å²) < 4.78 is 10.8. The highest BCUT2D eigenvalue weighted by Crippen LogP contribution is 2.14. The van der Waals surface area contributed by atoms with Crippen molar-refractivity contribution in [3.05, 3.63) is 41.6 Å². The molecule has 1 aromatic heterocycles. The Morgan fingerprint density at radius 3 is 2.53 bits per heavy atom. The molecular formula is C14H19N3O2. The summed E-state index contributed by atoms with van der Waals surface area (Å²) in [5, 5.41) is 11.0. The van der Waals surface area contributed by atoms with E-state index in [1.807, 2.05) is 24.3 Å². The number of aromatic nitrogens is 2. The Kier molecular flexibility index (Phi) is 4.52. The topological polar surface area (TPSA) is 60.2 Å². The molecule has 2 aromatic rings. The summed E-state index contributed by atoms with van der Waals surface area (Å²) in [5.41, 5.74) is 1.23. The minimum Gasteiger partial charge on any atom is -0.484 e. The summed E-state index contributed by atoms with van der Waals surface area (Å²) >= 11 is 0. The maximum Gasteiger partial charge on any atom is 0.253 e. The van der Waals surface area contributed by atoms with Crippen LogP contribution in [0.4, 0.5) is 0 Å². The Hall–Kier alpha value is -1.88. The van der Waals surface area contributed by atoms with Crippen molar-refractivity contribution in [1.82, 2.24) is 15.5 Å². The Balaban J connectivity index is 1.84. The van der Waals surface area contributed by atoms with Crippen LogP contribution in [0.3, 0.4) is 0 Å². The van der Waals surface area contributed by atoms with Crippen molar-refractivity contribution in [1.29, 1.82) is 0 Å². The monoisotopic (exact) mass is 261 g/mol. The molecule has 5 nitrogen and oxygen atoms in total. The van der Waals surface area contributed by atoms with Crippen molar-refractivity contribution in [3.8, 4) is 5.75 Å². The molecule has 1 heterocycles. The zero-order valence-electron chi connectivity index (χ0n) is 11.5. The van der Waals surface area contributed by atoms with E-state index in [9.17, 15) is 0 Å². The lowest BCUT2D eigenvalue weighted by molar-refractivity contribution is 0.260. The van der Waals surface area contributed by atoms with Crippen LogP contribution in [0.2, 0.25) is 0 Å². The van der Waals surface area contributed by atoms with E-state index in [0.717, 1.165) is 12.3 Å². The van der Waals surface area contributed by atoms with Crippen LogP contribution in [0, 0.1) is 6.92 Å². The van der Waals surface area contributed by atoms with Gasteiger partial charge in [-0.15, -0.1) is 10.2 Å². The van der Waals surface area contributed by atoms with Crippen molar-refractivity contribution in [3.63, 3.8) is 0 Å². The first kappa shape index (κ1) is 13.5. The maximum atomic E-state index is 5.57. The predicted octanol–water partition coefficient (Wildman–Crippen LogP) is 2.46. The van der Waals surface area contributed by atoms with Crippen LogP contribution in [0.25, 0.3) is 0 Å². The first-order valence-corrected chi connectivity index (χ1v) is 6.37. The Morgan fingerprint density at radius 1 is 1.21 bits per heavy atom. The maximum absolute atomic E-state index is 5.57. The third-order valence-electron chi connectivity index (χ3n) is 2.57. The first-order chi connectivity index (χ1) is 9.13. The van der Waals surface area contributed by atoms with Crippen LogP contribution in [-0.2, 0) is 13.2 Å². The second-order valence-corrected chi connectivity index (χ2v) is 4.68. The molecule has 0 bridgehead atoms. The Morgan fingerprint density at radius 2 is 1.95 bits per heavy atom. The lowest BCUT2D eigenvalue weighted by Gasteiger charge is -2.09. The number of hydrogen-bond donors (Lipinski definition) is 1. The predicted molar refractivity (Wildman–Crippen MR) is 71.8 cm³/mol. The highest BCUT2D eigenvalue weighted by Gasteiger charge is 2.03. The molecule has 19 heavy (non-hydrogen) atoms. The van der Waals surface area contributed by atoms with E-state index in [-0.39, 0.29) is 0 Å². The molecule has 0 atom stereocenters. The van der Waals surface area contributed by atoms with Gasteiger partial charge in [0.1, 0.15) is 5.75 Å². The van der Waals surface area contributed by atoms with Gasteiger partial charge in [0.05, 0.1) is 0 Å². The molecule has 0 aliphatic heterocycles. The number of benzene rings is 1. The van der Waals surface area contributed by atoms with Gasteiger partial charge < -0.3 is 14.5 Å². The van der Waals surface area contributed by atoms with Crippen LogP contribution in [0.1, 0.15) is 31.2 Å². The van der Waals surface area contributed by atoms with E-state index in [1.165, 1.54) is 5.56 Å². The van der Waals surface area contributed by atoms with Gasteiger partial charge in [0.25, 0.3) is 5.89 Å². The number of aryl methyl sites for hydroxylation is 1. The molecule has 0 saturated carbocycles. The van der Waals surface area contributed by atoms with Crippen LogP contribution in [-0.4, -0.2) is 16.2 Å². The SMILES string of the molecule is Cc1nnc(COc2ccc(CNC(C)C)cc2)o1. The van der Waals surface area contributed by atoms with Crippen LogP contribution in [0.15, 0.2) is 28.7 Å². The molecular weight excluding hydrogens is 242 g/mol. The largest absolute Gasteiger partial charge is 0.484 e. The van der Waals surface area contributed by atoms with E-state index >= 15 is 0 Å². The summed E-state index contributed by atoms with van der Waals surface area (Å²) in [4.78, 5) is 0. The van der Waals surface area contributed by atoms with Crippen molar-refractivity contribution in [2.24, 2.45) is 0 Å². The lowest BCUT2D eigenvalue weighted by atomic mass is 10.2. The molecule has 5 heteroatoms. The van der Waals surface area contributed by atoms with Gasteiger partial charge in [-0.25, -0.2) is 0 Å². The molecule has 0 radical (unpaired) electrons. The van der Waals surface area contributed by atoms with Gasteiger partial charge in [0.2, 0.25) is 5.89 Å². The number of nitrogens with zero attached hydrogens (tertiary/aromatic N) is 2. The summed E-state index contributed by atoms with van der Waals surface area (Å²) in [5.74, 6) is 1.83. The van der Waals surface area contributed by atoms with Crippen molar-refractivity contribution in [2.75, 3.05) is 0 Å². The standard InChI is InChI=1S/C14H19N3O2/c1-10(2)15-8-12-4-6-13(7-5-12)18-9-14-17-16-11(3)19-14/h4-7,10,15H,8-9H2,1-3H3. The second kappa shape index (κ2) is 6.33. The van der Waals surface area contributed by atoms with Gasteiger partial charge in [-0.05, 0) is 17.7 Å². The highest BCUT2D eigenvalue weighted by molar-refractivity contribution is 5.27. The zero-order valence-corrected chi connectivity index (χ0v) is 11.5. The lowest BCUT2D eigenvalue weighted by Crippen LogP contribution is -2.21. The fourth-order valence-corrected chi connectivity index (χ4v) is 1.57. The van der Waals surface area contributed by atoms with Gasteiger partial charge in [0, 0.05) is 19.5 Å². The fourth-order valence-electron chi connectivity index (χ4n) is 1.57. The number of ether oxygens (including phenoxy) is 1. The van der Waals surface area contributed by atoms with Gasteiger partial charge in [-0.1, -0.05) is 26.0 Å². The second-order valence-electron chi connectivity index (χ2n) is 4.68. The average Bonchev–Trinajstić information content (AvgIpc) is 2.81. The number of nitrogens with one attached hydrogen (secondary N) is 1. The zero-order chi connectivity index (χ0) is 13.7. The molecule has 0 spiro atoms. The minimum atomic E-state index is 0.296. The minimum absolute atomic E-state index is 0.296. The molecule has 1 N–H and O–H groups in total. The average molecular weight is 261 g/mol. The van der Waals surface area contributed by atoms with Crippen molar-refractivity contribution >= 4 is 0 Å². The highest BCUT2D eigenvalue weighted by atomic mass is 16.5. The molecule has 0 unspecified atom stereocenters. The Labute approximate surface area is 113 Å². The van der Waals surface area contributed by atoms with Gasteiger partial charge in [-0.3, -0.25) is 0 Å². The summed E-state index contributed by atoms with van der Waals surface area (Å²) in [6, 6.07) is 8.46. The fraction of sp³-hybridized carbons (Fsp3) is 0.429. The van der Waals surface area contributed by atoms with E-state index in [2.05, 4.69) is 29.4 Å². The van der Waals surface area contributed by atoms with E-state index in [1.54, 1.807) is 6.92 Å². The molecule has 0 saturated heterocycles. The van der Waals surface area contributed by atoms with Crippen LogP contribution < -0.4 is 10.1 Å². The van der Waals surface area contributed by atoms with Gasteiger partial charge in [-0.2, -0.15) is 0 Å². The smallest absolute Gasteiger partial charge is 0.253 e. The van der Waals surface area contributed by atoms with Gasteiger partial charge >= 0.3 is 0 Å². The Bertz CT molecular complexity index is 506. The molecule has 0 amide bonds. The van der Waals surface area contributed by atoms with Crippen LogP contribution >= 0.6 is 0 Å². The molecule has 102 valence electrons. The molecule has 0 aliphatic carbocycles. The molecule has 1 aromatic carbocycles. The van der Waals surface area contributed by atoms with E-state index < -0.39 is 0 Å². The quantitative estimate of drug-likeness (QED) is 0.865. The van der Waals surface area contributed by atoms with E-state index in [4.69, 9.17) is 9.15 Å². The molecule has 0 aliphatic rings. The van der Waals surface area contributed by atoms with Crippen molar-refractivity contribution in [2.45, 2.75) is 40.0 Å².